The van der Waals surface area contributed by atoms with Crippen LogP contribution in [0.25, 0.3) is 0 Å². The van der Waals surface area contributed by atoms with Gasteiger partial charge in [0.15, 0.2) is 6.61 Å². The minimum absolute atomic E-state index is 0.109. The number of furan rings is 1. The van der Waals surface area contributed by atoms with E-state index in [9.17, 15) is 22.8 Å². The summed E-state index contributed by atoms with van der Waals surface area (Å²) >= 11 is 1.13. The summed E-state index contributed by atoms with van der Waals surface area (Å²) < 4.78 is 34.3. The van der Waals surface area contributed by atoms with E-state index in [0.29, 0.717) is 12.2 Å². The molecule has 0 fully saturated rings. The molecular weight excluding hydrogens is 410 g/mol. The topological polar surface area (TPSA) is 144 Å². The van der Waals surface area contributed by atoms with Crippen molar-refractivity contribution in [2.45, 2.75) is 13.0 Å². The highest BCUT2D eigenvalue weighted by molar-refractivity contribution is 7.88. The number of ether oxygens (including phenoxy) is 1. The van der Waals surface area contributed by atoms with Crippen LogP contribution in [0.3, 0.4) is 0 Å². The molecule has 0 bridgehead atoms. The minimum atomic E-state index is -3.27. The maximum absolute atomic E-state index is 11.9. The Bertz CT molecular complexity index is 920. The van der Waals surface area contributed by atoms with E-state index >= 15 is 0 Å². The molecule has 0 aromatic carbocycles. The van der Waals surface area contributed by atoms with Crippen LogP contribution < -0.4 is 15.4 Å². The van der Waals surface area contributed by atoms with E-state index in [0.717, 1.165) is 22.5 Å². The van der Waals surface area contributed by atoms with Crippen LogP contribution in [-0.2, 0) is 32.5 Å². The normalized spacial score (nSPS) is 11.0. The number of thiophene rings is 1. The molecule has 3 amide bonds. The van der Waals surface area contributed by atoms with E-state index in [4.69, 9.17) is 9.15 Å². The lowest BCUT2D eigenvalue weighted by molar-refractivity contribution is -0.123. The minimum Gasteiger partial charge on any atom is -0.467 e. The second kappa shape index (κ2) is 10.0. The van der Waals surface area contributed by atoms with E-state index in [2.05, 4.69) is 10.0 Å². The standard InChI is InChI=1S/C16H19N3O7S2/c1-28(23,24)18-7-6-12-4-5-13(27-12)15(21)26-10-14(20)19-16(22)17-9-11-3-2-8-25-11/h2-5,8,18H,6-7,9-10H2,1H3,(H2,17,19,20,22). The van der Waals surface area contributed by atoms with Crippen LogP contribution in [0.4, 0.5) is 4.79 Å². The summed E-state index contributed by atoms with van der Waals surface area (Å²) in [6, 6.07) is 5.78. The van der Waals surface area contributed by atoms with Crippen molar-refractivity contribution >= 4 is 39.3 Å². The van der Waals surface area contributed by atoms with Crippen molar-refractivity contribution in [1.29, 1.82) is 0 Å². The van der Waals surface area contributed by atoms with Gasteiger partial charge in [0.05, 0.1) is 19.1 Å². The predicted molar refractivity (Wildman–Crippen MR) is 100 cm³/mol. The number of esters is 1. The SMILES string of the molecule is CS(=O)(=O)NCCc1ccc(C(=O)OCC(=O)NC(=O)NCc2ccco2)s1. The summed E-state index contributed by atoms with van der Waals surface area (Å²) in [7, 11) is -3.27. The van der Waals surface area contributed by atoms with E-state index in [-0.39, 0.29) is 18.0 Å². The summed E-state index contributed by atoms with van der Waals surface area (Å²) in [5, 5.41) is 4.44. The lowest BCUT2D eigenvalue weighted by Crippen LogP contribution is -2.41. The molecule has 0 atom stereocenters. The van der Waals surface area contributed by atoms with E-state index < -0.39 is 34.5 Å². The van der Waals surface area contributed by atoms with Gasteiger partial charge >= 0.3 is 12.0 Å². The second-order valence-electron chi connectivity index (χ2n) is 5.57. The van der Waals surface area contributed by atoms with E-state index in [1.807, 2.05) is 5.32 Å². The van der Waals surface area contributed by atoms with Crippen molar-refractivity contribution in [2.24, 2.45) is 0 Å². The molecule has 2 rings (SSSR count). The molecule has 2 heterocycles. The van der Waals surface area contributed by atoms with Crippen molar-refractivity contribution in [3.05, 3.63) is 46.0 Å². The molecule has 0 unspecified atom stereocenters. The fraction of sp³-hybridized carbons (Fsp3) is 0.312. The van der Waals surface area contributed by atoms with Gasteiger partial charge in [0.2, 0.25) is 10.0 Å². The Morgan fingerprint density at radius 2 is 2.00 bits per heavy atom. The van der Waals surface area contributed by atoms with Gasteiger partial charge in [-0.1, -0.05) is 0 Å². The summed E-state index contributed by atoms with van der Waals surface area (Å²) in [5.74, 6) is -0.966. The molecule has 152 valence electrons. The van der Waals surface area contributed by atoms with Crippen LogP contribution in [0.5, 0.6) is 0 Å². The highest BCUT2D eigenvalue weighted by atomic mass is 32.2. The highest BCUT2D eigenvalue weighted by Crippen LogP contribution is 2.17. The second-order valence-corrected chi connectivity index (χ2v) is 8.57. The molecule has 28 heavy (non-hydrogen) atoms. The maximum Gasteiger partial charge on any atom is 0.348 e. The maximum atomic E-state index is 11.9. The highest BCUT2D eigenvalue weighted by Gasteiger charge is 2.15. The summed E-state index contributed by atoms with van der Waals surface area (Å²) in [6.45, 7) is -0.294. The van der Waals surface area contributed by atoms with Gasteiger partial charge in [-0.3, -0.25) is 10.1 Å². The van der Waals surface area contributed by atoms with Crippen molar-refractivity contribution < 1.29 is 32.0 Å². The van der Waals surface area contributed by atoms with Gasteiger partial charge in [-0.05, 0) is 30.7 Å². The van der Waals surface area contributed by atoms with Crippen LogP contribution in [0, 0.1) is 0 Å². The number of amides is 3. The number of rotatable bonds is 9. The molecule has 2 aromatic heterocycles. The third-order valence-corrected chi connectivity index (χ3v) is 5.04. The van der Waals surface area contributed by atoms with Gasteiger partial charge in [-0.2, -0.15) is 0 Å². The number of urea groups is 1. The third kappa shape index (κ3) is 7.90. The molecule has 0 saturated heterocycles. The van der Waals surface area contributed by atoms with Crippen LogP contribution >= 0.6 is 11.3 Å². The zero-order valence-electron chi connectivity index (χ0n) is 14.9. The van der Waals surface area contributed by atoms with Gasteiger partial charge in [0.1, 0.15) is 10.6 Å². The smallest absolute Gasteiger partial charge is 0.348 e. The van der Waals surface area contributed by atoms with Gasteiger partial charge in [0.25, 0.3) is 5.91 Å². The predicted octanol–water partition coefficient (Wildman–Crippen LogP) is 0.616. The van der Waals surface area contributed by atoms with Gasteiger partial charge in [-0.25, -0.2) is 22.7 Å². The van der Waals surface area contributed by atoms with Gasteiger partial charge in [0, 0.05) is 11.4 Å². The van der Waals surface area contributed by atoms with Gasteiger partial charge in [-0.15, -0.1) is 11.3 Å². The Hall–Kier alpha value is -2.70. The lowest BCUT2D eigenvalue weighted by atomic mass is 10.3. The number of hydrogen-bond donors (Lipinski definition) is 3. The average molecular weight is 429 g/mol. The summed E-state index contributed by atoms with van der Waals surface area (Å²) in [5.41, 5.74) is 0. The van der Waals surface area contributed by atoms with Gasteiger partial charge < -0.3 is 14.5 Å². The molecule has 2 aromatic rings. The first-order valence-corrected chi connectivity index (χ1v) is 10.7. The molecule has 0 aliphatic carbocycles. The number of hydrogen-bond acceptors (Lipinski definition) is 8. The fourth-order valence-electron chi connectivity index (χ4n) is 1.97. The number of carbonyl (C=O) groups excluding carboxylic acids is 3. The molecular formula is C16H19N3O7S2. The Balaban J connectivity index is 1.69. The van der Waals surface area contributed by atoms with Crippen molar-refractivity contribution in [2.75, 3.05) is 19.4 Å². The number of carbonyl (C=O) groups is 3. The molecule has 0 saturated carbocycles. The zero-order chi connectivity index (χ0) is 20.6. The van der Waals surface area contributed by atoms with Crippen LogP contribution in [0.1, 0.15) is 20.3 Å². The molecule has 0 aliphatic heterocycles. The first-order valence-electron chi connectivity index (χ1n) is 8.03. The Labute approximate surface area is 165 Å². The Morgan fingerprint density at radius 3 is 2.68 bits per heavy atom. The molecule has 3 N–H and O–H groups in total. The quantitative estimate of drug-likeness (QED) is 0.496. The summed E-state index contributed by atoms with van der Waals surface area (Å²) in [6.07, 6.45) is 2.94. The van der Waals surface area contributed by atoms with E-state index in [1.54, 1.807) is 18.2 Å². The fourth-order valence-corrected chi connectivity index (χ4v) is 3.35. The Kier molecular flexibility index (Phi) is 7.72. The first-order chi connectivity index (χ1) is 13.2. The molecule has 10 nitrogen and oxygen atoms in total. The molecule has 0 spiro atoms. The van der Waals surface area contributed by atoms with Crippen molar-refractivity contribution in [3.63, 3.8) is 0 Å². The van der Waals surface area contributed by atoms with Crippen molar-refractivity contribution in [1.82, 2.24) is 15.4 Å². The largest absolute Gasteiger partial charge is 0.467 e. The zero-order valence-corrected chi connectivity index (χ0v) is 16.5. The Morgan fingerprint density at radius 1 is 1.21 bits per heavy atom. The number of nitrogens with one attached hydrogen (secondary N) is 3. The van der Waals surface area contributed by atoms with E-state index in [1.165, 1.54) is 12.3 Å². The first kappa shape index (κ1) is 21.6. The third-order valence-electron chi connectivity index (χ3n) is 3.19. The monoisotopic (exact) mass is 429 g/mol. The van der Waals surface area contributed by atoms with Crippen LogP contribution in [0.15, 0.2) is 34.9 Å². The molecule has 0 radical (unpaired) electrons. The van der Waals surface area contributed by atoms with Crippen LogP contribution in [0.2, 0.25) is 0 Å². The van der Waals surface area contributed by atoms with Crippen molar-refractivity contribution in [3.8, 4) is 0 Å². The summed E-state index contributed by atoms with van der Waals surface area (Å²) in [4.78, 5) is 36.2. The molecule has 0 aliphatic rings. The molecule has 12 heteroatoms. The number of imide groups is 1. The average Bonchev–Trinajstić information content (AvgIpc) is 3.28. The lowest BCUT2D eigenvalue weighted by Gasteiger charge is -2.06. The number of sulfonamides is 1. The van der Waals surface area contributed by atoms with Crippen LogP contribution in [-0.4, -0.2) is 45.7 Å².